The van der Waals surface area contributed by atoms with Crippen molar-refractivity contribution in [3.63, 3.8) is 0 Å². The van der Waals surface area contributed by atoms with Crippen molar-refractivity contribution in [1.82, 2.24) is 10.6 Å². The molecule has 1 fully saturated rings. The van der Waals surface area contributed by atoms with Gasteiger partial charge in [0.15, 0.2) is 5.11 Å². The Bertz CT molecular complexity index is 777. The Balaban J connectivity index is 1.98. The van der Waals surface area contributed by atoms with Crippen LogP contribution in [0.2, 0.25) is 0 Å². The Morgan fingerprint density at radius 2 is 2.00 bits per heavy atom. The predicted molar refractivity (Wildman–Crippen MR) is 107 cm³/mol. The molecule has 1 saturated carbocycles. The van der Waals surface area contributed by atoms with Crippen LogP contribution in [0, 0.1) is 5.92 Å². The molecule has 1 aromatic rings. The molecule has 27 heavy (non-hydrogen) atoms. The van der Waals surface area contributed by atoms with E-state index in [9.17, 15) is 4.79 Å². The van der Waals surface area contributed by atoms with Crippen molar-refractivity contribution < 1.29 is 19.0 Å². The molecule has 6 nitrogen and oxygen atoms in total. The van der Waals surface area contributed by atoms with Gasteiger partial charge in [0.1, 0.15) is 17.6 Å². The lowest BCUT2D eigenvalue weighted by Crippen LogP contribution is -2.45. The van der Waals surface area contributed by atoms with E-state index in [0.717, 1.165) is 24.8 Å². The monoisotopic (exact) mass is 390 g/mol. The number of ether oxygens (including phenoxy) is 3. The minimum Gasteiger partial charge on any atom is -0.497 e. The number of benzene rings is 1. The lowest BCUT2D eigenvalue weighted by atomic mass is 9.94. The van der Waals surface area contributed by atoms with Gasteiger partial charge in [0.05, 0.1) is 25.8 Å². The van der Waals surface area contributed by atoms with Crippen LogP contribution in [0.1, 0.15) is 44.7 Å². The van der Waals surface area contributed by atoms with Gasteiger partial charge in [-0.15, -0.1) is 0 Å². The van der Waals surface area contributed by atoms with Gasteiger partial charge in [-0.25, -0.2) is 4.79 Å². The Morgan fingerprint density at radius 1 is 1.22 bits per heavy atom. The first-order valence-electron chi connectivity index (χ1n) is 9.15. The van der Waals surface area contributed by atoms with Gasteiger partial charge in [-0.05, 0) is 62.5 Å². The first-order valence-corrected chi connectivity index (χ1v) is 9.56. The molecule has 0 amide bonds. The van der Waals surface area contributed by atoms with Crippen LogP contribution >= 0.6 is 12.2 Å². The molecule has 7 heteroatoms. The van der Waals surface area contributed by atoms with E-state index in [0.29, 0.717) is 33.8 Å². The smallest absolute Gasteiger partial charge is 0.338 e. The summed E-state index contributed by atoms with van der Waals surface area (Å²) < 4.78 is 16.7. The van der Waals surface area contributed by atoms with E-state index >= 15 is 0 Å². The molecule has 2 aliphatic rings. The Morgan fingerprint density at radius 3 is 2.63 bits per heavy atom. The number of carbonyl (C=O) groups is 1. The van der Waals surface area contributed by atoms with Crippen molar-refractivity contribution in [2.24, 2.45) is 5.92 Å². The molecule has 1 aliphatic heterocycles. The molecule has 3 rings (SSSR count). The number of hydrogen-bond donors (Lipinski definition) is 2. The third-order valence-electron chi connectivity index (χ3n) is 5.28. The average Bonchev–Trinajstić information content (AvgIpc) is 3.04. The molecule has 1 aromatic carbocycles. The first kappa shape index (κ1) is 19.5. The Kier molecular flexibility index (Phi) is 5.89. The van der Waals surface area contributed by atoms with Gasteiger partial charge in [0, 0.05) is 11.3 Å². The quantitative estimate of drug-likeness (QED) is 0.591. The number of allylic oxidation sites excluding steroid dienone is 1. The van der Waals surface area contributed by atoms with Crippen molar-refractivity contribution >= 4 is 23.3 Å². The molecule has 0 spiro atoms. The Labute approximate surface area is 165 Å². The summed E-state index contributed by atoms with van der Waals surface area (Å²) in [4.78, 5) is 13.1. The molecule has 0 radical (unpaired) electrons. The normalized spacial score (nSPS) is 24.9. The van der Waals surface area contributed by atoms with Gasteiger partial charge in [-0.3, -0.25) is 0 Å². The molecule has 0 aromatic heterocycles. The van der Waals surface area contributed by atoms with E-state index in [2.05, 4.69) is 17.6 Å². The third kappa shape index (κ3) is 4.03. The molecule has 0 bridgehead atoms. The minimum absolute atomic E-state index is 0.0421. The van der Waals surface area contributed by atoms with Crippen LogP contribution in [-0.4, -0.2) is 31.4 Å². The second-order valence-corrected chi connectivity index (χ2v) is 7.44. The standard InChI is InChI=1S/C20H26N2O4S/c1-11-6-5-7-15(11)26-19(23)17-12(2)21-20(27)22-18(17)14-10-13(24-3)8-9-16(14)25-4/h8-11,15,18H,5-7H2,1-4H3,(H2,21,22,27)/t11-,15+,18+/m1/s1. The maximum atomic E-state index is 13.1. The lowest BCUT2D eigenvalue weighted by Gasteiger charge is -2.31. The molecule has 0 unspecified atom stereocenters. The fourth-order valence-electron chi connectivity index (χ4n) is 3.75. The highest BCUT2D eigenvalue weighted by molar-refractivity contribution is 7.80. The van der Waals surface area contributed by atoms with Crippen molar-refractivity contribution in [3.8, 4) is 11.5 Å². The molecule has 2 N–H and O–H groups in total. The molecule has 3 atom stereocenters. The molecular formula is C20H26N2O4S. The van der Waals surface area contributed by atoms with Crippen LogP contribution < -0.4 is 20.1 Å². The highest BCUT2D eigenvalue weighted by Crippen LogP contribution is 2.37. The van der Waals surface area contributed by atoms with Crippen LogP contribution in [0.3, 0.4) is 0 Å². The van der Waals surface area contributed by atoms with Crippen LogP contribution in [0.15, 0.2) is 29.5 Å². The molecule has 1 aliphatic carbocycles. The van der Waals surface area contributed by atoms with Crippen molar-refractivity contribution in [1.29, 1.82) is 0 Å². The molecule has 146 valence electrons. The highest BCUT2D eigenvalue weighted by Gasteiger charge is 2.35. The van der Waals surface area contributed by atoms with E-state index in [4.69, 9.17) is 26.4 Å². The summed E-state index contributed by atoms with van der Waals surface area (Å²) in [5.41, 5.74) is 1.96. The van der Waals surface area contributed by atoms with Gasteiger partial charge in [0.2, 0.25) is 0 Å². The van der Waals surface area contributed by atoms with Gasteiger partial charge >= 0.3 is 5.97 Å². The van der Waals surface area contributed by atoms with Crippen LogP contribution in [-0.2, 0) is 9.53 Å². The summed E-state index contributed by atoms with van der Waals surface area (Å²) >= 11 is 5.32. The maximum absolute atomic E-state index is 13.1. The number of methoxy groups -OCH3 is 2. The topological polar surface area (TPSA) is 68.8 Å². The van der Waals surface area contributed by atoms with Crippen molar-refractivity contribution in [2.75, 3.05) is 14.2 Å². The lowest BCUT2D eigenvalue weighted by molar-refractivity contribution is -0.146. The number of thiocarbonyl (C=S) groups is 1. The highest BCUT2D eigenvalue weighted by atomic mass is 32.1. The van der Waals surface area contributed by atoms with Gasteiger partial charge in [0.25, 0.3) is 0 Å². The summed E-state index contributed by atoms with van der Waals surface area (Å²) in [6.07, 6.45) is 3.04. The van der Waals surface area contributed by atoms with E-state index < -0.39 is 6.04 Å². The number of carbonyl (C=O) groups excluding carboxylic acids is 1. The summed E-state index contributed by atoms with van der Waals surface area (Å²) in [6, 6.07) is 5.01. The zero-order valence-corrected chi connectivity index (χ0v) is 16.9. The summed E-state index contributed by atoms with van der Waals surface area (Å²) in [6.45, 7) is 3.96. The zero-order valence-electron chi connectivity index (χ0n) is 16.1. The van der Waals surface area contributed by atoms with Crippen molar-refractivity contribution in [2.45, 2.75) is 45.3 Å². The van der Waals surface area contributed by atoms with Crippen molar-refractivity contribution in [3.05, 3.63) is 35.0 Å². The molecule has 0 saturated heterocycles. The van der Waals surface area contributed by atoms with E-state index in [1.807, 2.05) is 25.1 Å². The number of rotatable bonds is 5. The third-order valence-corrected chi connectivity index (χ3v) is 5.50. The summed E-state index contributed by atoms with van der Waals surface area (Å²) in [5.74, 6) is 1.37. The number of nitrogens with one attached hydrogen (secondary N) is 2. The van der Waals surface area contributed by atoms with Gasteiger partial charge < -0.3 is 24.8 Å². The maximum Gasteiger partial charge on any atom is 0.338 e. The number of hydrogen-bond acceptors (Lipinski definition) is 5. The zero-order chi connectivity index (χ0) is 19.6. The fraction of sp³-hybridized carbons (Fsp3) is 0.500. The SMILES string of the molecule is COc1ccc(OC)c([C@@H]2NC(=S)NC(C)=C2C(=O)O[C@H]2CCC[C@H]2C)c1. The summed E-state index contributed by atoms with van der Waals surface area (Å²) in [5, 5.41) is 6.67. The largest absolute Gasteiger partial charge is 0.497 e. The van der Waals surface area contributed by atoms with Crippen LogP contribution in [0.4, 0.5) is 0 Å². The van der Waals surface area contributed by atoms with Crippen LogP contribution in [0.5, 0.6) is 11.5 Å². The second-order valence-electron chi connectivity index (χ2n) is 7.03. The minimum atomic E-state index is -0.479. The second kappa shape index (κ2) is 8.17. The molecular weight excluding hydrogens is 364 g/mol. The number of esters is 1. The van der Waals surface area contributed by atoms with E-state index in [-0.39, 0.29) is 12.1 Å². The van der Waals surface area contributed by atoms with E-state index in [1.165, 1.54) is 0 Å². The summed E-state index contributed by atoms with van der Waals surface area (Å²) in [7, 11) is 3.20. The Hall–Kier alpha value is -2.28. The van der Waals surface area contributed by atoms with Gasteiger partial charge in [-0.1, -0.05) is 6.92 Å². The molecule has 1 heterocycles. The van der Waals surface area contributed by atoms with E-state index in [1.54, 1.807) is 14.2 Å². The predicted octanol–water partition coefficient (Wildman–Crippen LogP) is 3.23. The fourth-order valence-corrected chi connectivity index (χ4v) is 4.02. The van der Waals surface area contributed by atoms with Gasteiger partial charge in [-0.2, -0.15) is 0 Å². The average molecular weight is 391 g/mol. The first-order chi connectivity index (χ1) is 12.9. The van der Waals surface area contributed by atoms with Crippen LogP contribution in [0.25, 0.3) is 0 Å².